The predicted octanol–water partition coefficient (Wildman–Crippen LogP) is 5.08. The standard InChI is InChI=1S/C28H22Br2Cl2N2O6/c1-40-15-6-9-20(35)18(10-15)22-16-7-8-17-21(24(37)34(23(17)36)14-4-2-13(30)3-5-14)19(16)11-27(31)25(38)33(12-29)26(39)28(22,27)32/h2-7,9-10,17,19,21-22,35H,8,11-12H2,1H3/t17-,19+,21-,22+,27+,28-/m0/s1. The number of carbonyl (C=O) groups is 4. The van der Waals surface area contributed by atoms with Crippen LogP contribution < -0.4 is 9.64 Å². The van der Waals surface area contributed by atoms with E-state index in [1.807, 2.05) is 6.08 Å². The number of fused-ring (bicyclic) bond motifs is 4. The van der Waals surface area contributed by atoms with Gasteiger partial charge in [0.2, 0.25) is 11.8 Å². The van der Waals surface area contributed by atoms with Crippen LogP contribution in [0.1, 0.15) is 24.3 Å². The number of carbonyl (C=O) groups excluding carboxylic acids is 4. The minimum Gasteiger partial charge on any atom is -0.508 e. The first kappa shape index (κ1) is 27.8. The fraction of sp³-hybridized carbons (Fsp3) is 0.357. The van der Waals surface area contributed by atoms with Crippen LogP contribution in [0.25, 0.3) is 0 Å². The lowest BCUT2D eigenvalue weighted by molar-refractivity contribution is -0.138. The Kier molecular flexibility index (Phi) is 6.64. The summed E-state index contributed by atoms with van der Waals surface area (Å²) >= 11 is 21.0. The Morgan fingerprint density at radius 2 is 1.73 bits per heavy atom. The second-order valence-electron chi connectivity index (χ2n) is 10.4. The molecule has 6 rings (SSSR count). The van der Waals surface area contributed by atoms with Crippen molar-refractivity contribution in [3.63, 3.8) is 0 Å². The molecule has 0 unspecified atom stereocenters. The van der Waals surface area contributed by atoms with Crippen molar-refractivity contribution in [3.8, 4) is 11.5 Å². The van der Waals surface area contributed by atoms with Crippen molar-refractivity contribution in [1.82, 2.24) is 4.90 Å². The molecular formula is C28H22Br2Cl2N2O6. The number of imide groups is 2. The van der Waals surface area contributed by atoms with Gasteiger partial charge in [0.25, 0.3) is 11.8 Å². The van der Waals surface area contributed by atoms with Crippen LogP contribution in [0, 0.1) is 17.8 Å². The fourth-order valence-electron chi connectivity index (χ4n) is 6.83. The van der Waals surface area contributed by atoms with Crippen molar-refractivity contribution in [2.75, 3.05) is 17.5 Å². The third kappa shape index (κ3) is 3.55. The van der Waals surface area contributed by atoms with Crippen molar-refractivity contribution in [2.45, 2.75) is 28.5 Å². The predicted molar refractivity (Wildman–Crippen MR) is 155 cm³/mol. The summed E-state index contributed by atoms with van der Waals surface area (Å²) in [5.74, 6) is -5.19. The van der Waals surface area contributed by atoms with Gasteiger partial charge in [-0.05, 0) is 61.2 Å². The highest BCUT2D eigenvalue weighted by molar-refractivity contribution is 9.10. The Hall–Kier alpha value is -2.40. The molecule has 2 aromatic carbocycles. The van der Waals surface area contributed by atoms with Crippen LogP contribution in [-0.4, -0.2) is 55.9 Å². The van der Waals surface area contributed by atoms with Crippen molar-refractivity contribution < 1.29 is 29.0 Å². The molecule has 1 N–H and O–H groups in total. The number of aromatic hydroxyl groups is 1. The highest BCUT2D eigenvalue weighted by Gasteiger charge is 2.76. The molecule has 2 saturated heterocycles. The number of hydrogen-bond donors (Lipinski definition) is 1. The van der Waals surface area contributed by atoms with Crippen LogP contribution in [-0.2, 0) is 19.2 Å². The molecule has 4 aliphatic rings. The summed E-state index contributed by atoms with van der Waals surface area (Å²) in [6.45, 7) is 0. The normalized spacial score (nSPS) is 33.1. The first-order chi connectivity index (χ1) is 19.0. The summed E-state index contributed by atoms with van der Waals surface area (Å²) in [6, 6.07) is 11.4. The molecule has 2 aliphatic heterocycles. The summed E-state index contributed by atoms with van der Waals surface area (Å²) in [5.41, 5.74) is 1.15. The SMILES string of the molecule is COc1ccc(O)c([C@H]2C3=CC[C@@H]4C(=O)N(c5ccc(Br)cc5)C(=O)[C@@H]4[C@@H]3C[C@@]3(Cl)C(=O)N(CBr)C(=O)[C@@]23Cl)c1. The first-order valence-corrected chi connectivity index (χ1v) is 15.2. The molecule has 1 saturated carbocycles. The van der Waals surface area contributed by atoms with Gasteiger partial charge in [-0.2, -0.15) is 0 Å². The Bertz CT molecular complexity index is 1520. The lowest BCUT2D eigenvalue weighted by Crippen LogP contribution is -2.60. The zero-order valence-electron chi connectivity index (χ0n) is 20.9. The summed E-state index contributed by atoms with van der Waals surface area (Å²) in [4.78, 5) is 53.3. The molecule has 208 valence electrons. The van der Waals surface area contributed by atoms with E-state index in [1.54, 1.807) is 36.4 Å². The van der Waals surface area contributed by atoms with Crippen molar-refractivity contribution in [3.05, 3.63) is 64.1 Å². The highest BCUT2D eigenvalue weighted by Crippen LogP contribution is 2.66. The third-order valence-electron chi connectivity index (χ3n) is 8.65. The van der Waals surface area contributed by atoms with Gasteiger partial charge in [-0.15, -0.1) is 23.2 Å². The second kappa shape index (κ2) is 9.58. The zero-order chi connectivity index (χ0) is 28.7. The number of ether oxygens (including phenoxy) is 1. The van der Waals surface area contributed by atoms with Gasteiger partial charge < -0.3 is 9.84 Å². The molecular weight excluding hydrogens is 691 g/mol. The van der Waals surface area contributed by atoms with Crippen LogP contribution in [0.3, 0.4) is 0 Å². The van der Waals surface area contributed by atoms with E-state index < -0.39 is 51.1 Å². The number of nitrogens with zero attached hydrogens (tertiary/aromatic N) is 2. The molecule has 0 radical (unpaired) electrons. The Morgan fingerprint density at radius 1 is 1.02 bits per heavy atom. The van der Waals surface area contributed by atoms with E-state index in [0.29, 0.717) is 17.0 Å². The van der Waals surface area contributed by atoms with Gasteiger partial charge in [-0.25, -0.2) is 0 Å². The minimum atomic E-state index is -2.00. The molecule has 40 heavy (non-hydrogen) atoms. The number of halogens is 4. The van der Waals surface area contributed by atoms with E-state index in [-0.39, 0.29) is 35.5 Å². The van der Waals surface area contributed by atoms with Crippen LogP contribution in [0.2, 0.25) is 0 Å². The van der Waals surface area contributed by atoms with Gasteiger partial charge in [0, 0.05) is 16.0 Å². The maximum Gasteiger partial charge on any atom is 0.254 e. The number of alkyl halides is 3. The monoisotopic (exact) mass is 710 g/mol. The van der Waals surface area contributed by atoms with E-state index in [4.69, 9.17) is 27.9 Å². The number of hydrogen-bond acceptors (Lipinski definition) is 6. The molecule has 0 spiro atoms. The largest absolute Gasteiger partial charge is 0.508 e. The molecule has 3 fully saturated rings. The summed E-state index contributed by atoms with van der Waals surface area (Å²) < 4.78 is 6.18. The zero-order valence-corrected chi connectivity index (χ0v) is 25.6. The minimum absolute atomic E-state index is 0.130. The molecule has 2 aromatic rings. The lowest BCUT2D eigenvalue weighted by Gasteiger charge is -2.50. The first-order valence-electron chi connectivity index (χ1n) is 12.5. The van der Waals surface area contributed by atoms with Crippen LogP contribution in [0.15, 0.2) is 58.6 Å². The van der Waals surface area contributed by atoms with Crippen LogP contribution in [0.4, 0.5) is 5.69 Å². The molecule has 6 atom stereocenters. The summed E-state index contributed by atoms with van der Waals surface area (Å²) in [6.07, 6.45) is 1.91. The Labute approximate surface area is 256 Å². The van der Waals surface area contributed by atoms with Crippen molar-refractivity contribution in [1.29, 1.82) is 0 Å². The van der Waals surface area contributed by atoms with E-state index in [9.17, 15) is 24.3 Å². The van der Waals surface area contributed by atoms with E-state index in [1.165, 1.54) is 18.1 Å². The average molecular weight is 713 g/mol. The maximum absolute atomic E-state index is 14.0. The highest BCUT2D eigenvalue weighted by atomic mass is 79.9. The number of amides is 4. The van der Waals surface area contributed by atoms with Gasteiger partial charge in [-0.1, -0.05) is 43.5 Å². The number of phenols is 1. The number of rotatable bonds is 4. The smallest absolute Gasteiger partial charge is 0.254 e. The Morgan fingerprint density at radius 3 is 2.38 bits per heavy atom. The molecule has 0 bridgehead atoms. The quantitative estimate of drug-likeness (QED) is 0.205. The lowest BCUT2D eigenvalue weighted by atomic mass is 9.56. The number of benzene rings is 2. The molecule has 8 nitrogen and oxygen atoms in total. The van der Waals surface area contributed by atoms with Gasteiger partial charge in [0.05, 0.1) is 30.1 Å². The number of anilines is 1. The third-order valence-corrected chi connectivity index (χ3v) is 11.1. The van der Waals surface area contributed by atoms with Gasteiger partial charge in [0.1, 0.15) is 11.5 Å². The fourth-order valence-corrected chi connectivity index (χ4v) is 8.52. The molecule has 12 heteroatoms. The van der Waals surface area contributed by atoms with Crippen LogP contribution >= 0.6 is 55.1 Å². The number of methoxy groups -OCH3 is 1. The van der Waals surface area contributed by atoms with Gasteiger partial charge in [0.15, 0.2) is 9.75 Å². The molecule has 2 aliphatic carbocycles. The summed E-state index contributed by atoms with van der Waals surface area (Å²) in [5, 5.41) is 11.0. The number of allylic oxidation sites excluding steroid dienone is 2. The maximum atomic E-state index is 14.0. The van der Waals surface area contributed by atoms with Crippen molar-refractivity contribution >= 4 is 84.4 Å². The molecule has 0 aromatic heterocycles. The van der Waals surface area contributed by atoms with E-state index in [2.05, 4.69) is 31.9 Å². The molecule has 2 heterocycles. The molecule has 4 amide bonds. The number of likely N-dealkylation sites (tertiary alicyclic amines) is 1. The number of phenolic OH excluding ortho intramolecular Hbond substituents is 1. The van der Waals surface area contributed by atoms with Crippen molar-refractivity contribution in [2.24, 2.45) is 17.8 Å². The second-order valence-corrected chi connectivity index (χ2v) is 13.1. The topological polar surface area (TPSA) is 104 Å². The van der Waals surface area contributed by atoms with Gasteiger partial charge in [-0.3, -0.25) is 29.0 Å². The van der Waals surface area contributed by atoms with E-state index >= 15 is 0 Å². The van der Waals surface area contributed by atoms with Gasteiger partial charge >= 0.3 is 0 Å². The summed E-state index contributed by atoms with van der Waals surface area (Å²) in [7, 11) is 1.46. The van der Waals surface area contributed by atoms with Crippen LogP contribution in [0.5, 0.6) is 11.5 Å². The average Bonchev–Trinajstić information content (AvgIpc) is 3.27. The van der Waals surface area contributed by atoms with E-state index in [0.717, 1.165) is 9.37 Å². The Balaban J connectivity index is 1.54.